The predicted molar refractivity (Wildman–Crippen MR) is 242 cm³/mol. The van der Waals surface area contributed by atoms with Crippen LogP contribution >= 0.6 is 0 Å². The van der Waals surface area contributed by atoms with Crippen molar-refractivity contribution in [1.29, 1.82) is 0 Å². The molecule has 10 nitrogen and oxygen atoms in total. The van der Waals surface area contributed by atoms with Crippen LogP contribution in [0.25, 0.3) is 0 Å². The first-order valence-electron chi connectivity index (χ1n) is 21.9. The molecule has 13 heteroatoms. The Bertz CT molecular complexity index is 1880. The zero-order chi connectivity index (χ0) is 43.6. The number of benzene rings is 4. The SMILES string of the molecule is CCCCCCCCCCCCc1ccc(Oc2ccccc2)c(O)c1S(=O)(=O)O.CCCCCCCCCCCCc1ccc(Oc2ccccc2)c([O-])c1S(=O)(=O)[O-].[Ca+2]. The zero-order valence-electron chi connectivity index (χ0n) is 36.3. The molecule has 0 spiro atoms. The Morgan fingerprint density at radius 2 is 0.836 bits per heavy atom. The van der Waals surface area contributed by atoms with E-state index < -0.39 is 41.5 Å². The van der Waals surface area contributed by atoms with Gasteiger partial charge >= 0.3 is 37.7 Å². The summed E-state index contributed by atoms with van der Waals surface area (Å²) < 4.78 is 79.8. The Morgan fingerprint density at radius 3 is 1.21 bits per heavy atom. The van der Waals surface area contributed by atoms with Crippen LogP contribution in [0.1, 0.15) is 153 Å². The van der Waals surface area contributed by atoms with Crippen LogP contribution < -0.4 is 14.6 Å². The number of rotatable bonds is 28. The van der Waals surface area contributed by atoms with Gasteiger partial charge in [-0.05, 0) is 79.0 Å². The number of phenolic OH excluding ortho intramolecular Hbond substituents is 1. The van der Waals surface area contributed by atoms with Gasteiger partial charge in [-0.15, -0.1) is 0 Å². The molecule has 61 heavy (non-hydrogen) atoms. The Labute approximate surface area is 396 Å². The van der Waals surface area contributed by atoms with Crippen molar-refractivity contribution in [2.75, 3.05) is 0 Å². The van der Waals surface area contributed by atoms with E-state index in [2.05, 4.69) is 13.8 Å². The molecule has 0 unspecified atom stereocenters. The zero-order valence-corrected chi connectivity index (χ0v) is 40.2. The van der Waals surface area contributed by atoms with E-state index in [9.17, 15) is 36.2 Å². The Kier molecular flexibility index (Phi) is 27.0. The summed E-state index contributed by atoms with van der Waals surface area (Å²) in [6, 6.07) is 23.5. The second-order valence-corrected chi connectivity index (χ2v) is 18.1. The number of aromatic hydroxyl groups is 1. The second kappa shape index (κ2) is 30.3. The summed E-state index contributed by atoms with van der Waals surface area (Å²) >= 11 is 0. The molecule has 332 valence electrons. The molecule has 0 aliphatic rings. The van der Waals surface area contributed by atoms with Gasteiger partial charge in [0.2, 0.25) is 0 Å². The average molecular weight is 907 g/mol. The van der Waals surface area contributed by atoms with Gasteiger partial charge in [0.25, 0.3) is 10.1 Å². The van der Waals surface area contributed by atoms with Gasteiger partial charge in [-0.2, -0.15) is 8.42 Å². The third-order valence-corrected chi connectivity index (χ3v) is 12.3. The number of hydrogen-bond donors (Lipinski definition) is 2. The molecule has 0 saturated carbocycles. The first-order valence-corrected chi connectivity index (χ1v) is 24.8. The van der Waals surface area contributed by atoms with Crippen molar-refractivity contribution >= 4 is 58.0 Å². The van der Waals surface area contributed by atoms with Gasteiger partial charge in [0, 0.05) is 0 Å². The van der Waals surface area contributed by atoms with E-state index >= 15 is 0 Å². The number of ether oxygens (including phenoxy) is 2. The fourth-order valence-electron chi connectivity index (χ4n) is 7.14. The maximum absolute atomic E-state index is 12.6. The standard InChI is InChI=1S/2C24H34O5S.Ca/c2*1-2-3-4-5-6-7-8-9-10-12-15-20-18-19-22(23(25)24(20)30(26,27)28)29-21-16-13-11-14-17-21;/h2*11,13-14,16-19,25H,2-10,12,15H2,1H3,(H,26,27,28);/q;;+2/p-2. The number of phenols is 1. The van der Waals surface area contributed by atoms with Gasteiger partial charge in [-0.1, -0.05) is 178 Å². The average Bonchev–Trinajstić information content (AvgIpc) is 3.21. The fraction of sp³-hybridized carbons (Fsp3) is 0.500. The smallest absolute Gasteiger partial charge is 0.869 e. The maximum atomic E-state index is 12.6. The molecule has 0 aromatic heterocycles. The van der Waals surface area contributed by atoms with Crippen LogP contribution in [0.5, 0.6) is 34.5 Å². The molecule has 4 aromatic rings. The van der Waals surface area contributed by atoms with Crippen molar-refractivity contribution in [3.05, 3.63) is 96.1 Å². The van der Waals surface area contributed by atoms with Crippen LogP contribution in [0.2, 0.25) is 0 Å². The molecule has 0 saturated heterocycles. The van der Waals surface area contributed by atoms with E-state index in [1.54, 1.807) is 66.7 Å². The molecular formula is C48H66CaO10S2. The molecule has 0 amide bonds. The number of para-hydroxylation sites is 2. The minimum absolute atomic E-state index is 0. The minimum atomic E-state index is -4.88. The summed E-state index contributed by atoms with van der Waals surface area (Å²) in [5.41, 5.74) is 0.699. The third-order valence-electron chi connectivity index (χ3n) is 10.4. The molecule has 0 radical (unpaired) electrons. The molecule has 0 aliphatic carbocycles. The van der Waals surface area contributed by atoms with Gasteiger partial charge in [-0.3, -0.25) is 4.55 Å². The van der Waals surface area contributed by atoms with E-state index in [4.69, 9.17) is 9.47 Å². The Morgan fingerprint density at radius 1 is 0.492 bits per heavy atom. The monoisotopic (exact) mass is 906 g/mol. The molecule has 4 aromatic carbocycles. The molecular weight excluding hydrogens is 841 g/mol. The van der Waals surface area contributed by atoms with E-state index in [-0.39, 0.29) is 54.8 Å². The molecule has 2 N–H and O–H groups in total. The van der Waals surface area contributed by atoms with Crippen molar-refractivity contribution in [3.63, 3.8) is 0 Å². The summed E-state index contributed by atoms with van der Waals surface area (Å²) in [5.74, 6) is -0.685. The van der Waals surface area contributed by atoms with E-state index in [1.165, 1.54) is 95.6 Å². The number of unbranched alkanes of at least 4 members (excludes halogenated alkanes) is 18. The summed E-state index contributed by atoms with van der Waals surface area (Å²) in [7, 11) is -9.46. The van der Waals surface area contributed by atoms with Crippen LogP contribution in [0.4, 0.5) is 0 Å². The second-order valence-electron chi connectivity index (χ2n) is 15.4. The fourth-order valence-corrected chi connectivity index (χ4v) is 8.80. The Hall–Kier alpha value is -2.84. The molecule has 0 fully saturated rings. The van der Waals surface area contributed by atoms with Crippen molar-refractivity contribution in [2.24, 2.45) is 0 Å². The van der Waals surface area contributed by atoms with Gasteiger partial charge in [0.05, 0.1) is 4.90 Å². The molecule has 0 heterocycles. The molecule has 0 bridgehead atoms. The van der Waals surface area contributed by atoms with Crippen molar-refractivity contribution < 1.29 is 45.6 Å². The van der Waals surface area contributed by atoms with Crippen molar-refractivity contribution in [1.82, 2.24) is 0 Å². The van der Waals surface area contributed by atoms with Gasteiger partial charge in [0.15, 0.2) is 11.5 Å². The normalized spacial score (nSPS) is 11.3. The largest absolute Gasteiger partial charge is 2.00 e. The van der Waals surface area contributed by atoms with Crippen LogP contribution in [-0.4, -0.2) is 68.8 Å². The van der Waals surface area contributed by atoms with Crippen molar-refractivity contribution in [3.8, 4) is 34.5 Å². The maximum Gasteiger partial charge on any atom is 2.00 e. The first-order chi connectivity index (χ1) is 28.9. The molecule has 0 atom stereocenters. The van der Waals surface area contributed by atoms with Gasteiger partial charge < -0.3 is 24.2 Å². The number of hydrogen-bond acceptors (Lipinski definition) is 9. The summed E-state index contributed by atoms with van der Waals surface area (Å²) in [5, 5.41) is 23.1. The predicted octanol–water partition coefficient (Wildman–Crippen LogP) is 12.4. The van der Waals surface area contributed by atoms with E-state index in [0.717, 1.165) is 44.9 Å². The van der Waals surface area contributed by atoms with Crippen molar-refractivity contribution in [2.45, 2.75) is 165 Å². The van der Waals surface area contributed by atoms with Gasteiger partial charge in [0.1, 0.15) is 32.3 Å². The summed E-state index contributed by atoms with van der Waals surface area (Å²) in [4.78, 5) is -1.13. The third kappa shape index (κ3) is 20.9. The Balaban J connectivity index is 0.000000413. The van der Waals surface area contributed by atoms with Gasteiger partial charge in [-0.25, -0.2) is 8.42 Å². The topological polar surface area (TPSA) is 173 Å². The van der Waals surface area contributed by atoms with Crippen LogP contribution in [0.3, 0.4) is 0 Å². The molecule has 4 rings (SSSR count). The first kappa shape index (κ1) is 54.3. The quantitative estimate of drug-likeness (QED) is 0.0317. The number of aryl methyl sites for hydroxylation is 2. The minimum Gasteiger partial charge on any atom is -0.869 e. The summed E-state index contributed by atoms with van der Waals surface area (Å²) in [6.45, 7) is 4.43. The molecule has 0 aliphatic heterocycles. The van der Waals surface area contributed by atoms with Crippen LogP contribution in [0.15, 0.2) is 94.7 Å². The van der Waals surface area contributed by atoms with E-state index in [0.29, 0.717) is 29.9 Å². The van der Waals surface area contributed by atoms with Crippen LogP contribution in [0, 0.1) is 0 Å². The summed E-state index contributed by atoms with van der Waals surface area (Å²) in [6.07, 6.45) is 24.3. The van der Waals surface area contributed by atoms with Crippen LogP contribution in [-0.2, 0) is 33.1 Å². The van der Waals surface area contributed by atoms with E-state index in [1.807, 2.05) is 6.07 Å².